The van der Waals surface area contributed by atoms with Crippen LogP contribution in [0.15, 0.2) is 73.1 Å². The summed E-state index contributed by atoms with van der Waals surface area (Å²) < 4.78 is 19.8. The summed E-state index contributed by atoms with van der Waals surface area (Å²) in [5, 5.41) is 5.59. The third kappa shape index (κ3) is 7.86. The van der Waals surface area contributed by atoms with Gasteiger partial charge >= 0.3 is 0 Å². The van der Waals surface area contributed by atoms with E-state index < -0.39 is 5.82 Å². The van der Waals surface area contributed by atoms with Crippen molar-refractivity contribution < 1.29 is 18.7 Å². The number of hydrogen-bond donors (Lipinski definition) is 2. The maximum Gasteiger partial charge on any atom is 0.244 e. The van der Waals surface area contributed by atoms with E-state index in [-0.39, 0.29) is 30.7 Å². The molecule has 2 aromatic carbocycles. The van der Waals surface area contributed by atoms with Gasteiger partial charge in [-0.15, -0.1) is 0 Å². The molecule has 0 fully saturated rings. The minimum absolute atomic E-state index is 0.0714. The minimum atomic E-state index is -0.547. The molecule has 0 spiro atoms. The molecule has 170 valence electrons. The third-order valence-electron chi connectivity index (χ3n) is 4.38. The average molecular weight is 448 g/mol. The molecule has 2 amide bonds. The van der Waals surface area contributed by atoms with Crippen LogP contribution in [0, 0.1) is 5.82 Å². The number of nitrogens with one attached hydrogen (secondary N) is 2. The van der Waals surface area contributed by atoms with Crippen LogP contribution in [0.5, 0.6) is 11.5 Å². The van der Waals surface area contributed by atoms with E-state index >= 15 is 0 Å². The first kappa shape index (κ1) is 23.6. The minimum Gasteiger partial charge on any atom is -0.453 e. The number of rotatable bonds is 9. The van der Waals surface area contributed by atoms with Crippen LogP contribution in [-0.4, -0.2) is 42.3 Å². The Kier molecular flexibility index (Phi) is 8.26. The fourth-order valence-corrected chi connectivity index (χ4v) is 2.90. The number of halogens is 1. The highest BCUT2D eigenvalue weighted by molar-refractivity contribution is 5.92. The molecule has 1 aromatic heterocycles. The molecule has 33 heavy (non-hydrogen) atoms. The molecule has 7 nitrogen and oxygen atoms in total. The molecule has 0 bridgehead atoms. The first-order valence-electron chi connectivity index (χ1n) is 10.3. The standard InChI is InChI=1S/C25H25FN4O3/c1-30(2)17-25(32)29-20-6-3-5-19(13-20)15-28-24(31)11-9-18-8-10-23(22(26)14-18)33-21-7-4-12-27-16-21/h3-14,16H,15,17H2,1-2H3,(H,28,31)(H,29,32)/b11-9+. The first-order chi connectivity index (χ1) is 15.9. The molecule has 8 heteroatoms. The number of anilines is 1. The molecule has 0 radical (unpaired) electrons. The second-order valence-corrected chi connectivity index (χ2v) is 7.52. The van der Waals surface area contributed by atoms with E-state index in [2.05, 4.69) is 15.6 Å². The van der Waals surface area contributed by atoms with Crippen molar-refractivity contribution in [2.45, 2.75) is 6.54 Å². The Hall–Kier alpha value is -4.04. The topological polar surface area (TPSA) is 83.6 Å². The quantitative estimate of drug-likeness (QED) is 0.486. The molecular formula is C25H25FN4O3. The second kappa shape index (κ2) is 11.5. The Morgan fingerprint density at radius 1 is 1.12 bits per heavy atom. The van der Waals surface area contributed by atoms with Crippen molar-refractivity contribution in [2.24, 2.45) is 0 Å². The van der Waals surface area contributed by atoms with Gasteiger partial charge in [0.05, 0.1) is 12.7 Å². The highest BCUT2D eigenvalue weighted by Gasteiger charge is 2.07. The SMILES string of the molecule is CN(C)CC(=O)Nc1cccc(CNC(=O)/C=C/c2ccc(Oc3cccnc3)c(F)c2)c1. The van der Waals surface area contributed by atoms with Crippen molar-refractivity contribution in [1.82, 2.24) is 15.2 Å². The molecule has 3 rings (SSSR count). The van der Waals surface area contributed by atoms with Crippen molar-refractivity contribution in [3.63, 3.8) is 0 Å². The van der Waals surface area contributed by atoms with E-state index in [1.54, 1.807) is 47.5 Å². The summed E-state index contributed by atoms with van der Waals surface area (Å²) in [6.07, 6.45) is 5.94. The Bertz CT molecular complexity index is 1130. The van der Waals surface area contributed by atoms with Crippen molar-refractivity contribution in [3.05, 3.63) is 90.0 Å². The van der Waals surface area contributed by atoms with Crippen LogP contribution in [0.4, 0.5) is 10.1 Å². The maximum absolute atomic E-state index is 14.3. The number of pyridine rings is 1. The lowest BCUT2D eigenvalue weighted by atomic mass is 10.2. The fourth-order valence-electron chi connectivity index (χ4n) is 2.90. The summed E-state index contributed by atoms with van der Waals surface area (Å²) in [7, 11) is 3.63. The number of ether oxygens (including phenoxy) is 1. The van der Waals surface area contributed by atoms with Gasteiger partial charge in [0.2, 0.25) is 11.8 Å². The van der Waals surface area contributed by atoms with Gasteiger partial charge in [0, 0.05) is 24.5 Å². The molecule has 3 aromatic rings. The molecule has 0 aliphatic carbocycles. The maximum atomic E-state index is 14.3. The van der Waals surface area contributed by atoms with Gasteiger partial charge < -0.3 is 20.3 Å². The zero-order chi connectivity index (χ0) is 23.6. The van der Waals surface area contributed by atoms with Gasteiger partial charge in [-0.3, -0.25) is 14.6 Å². The normalized spacial score (nSPS) is 10.9. The Balaban J connectivity index is 1.52. The van der Waals surface area contributed by atoms with E-state index in [1.165, 1.54) is 30.5 Å². The number of carbonyl (C=O) groups excluding carboxylic acids is 2. The number of hydrogen-bond acceptors (Lipinski definition) is 5. The summed E-state index contributed by atoms with van der Waals surface area (Å²) in [6, 6.07) is 15.0. The van der Waals surface area contributed by atoms with Crippen LogP contribution in [-0.2, 0) is 16.1 Å². The summed E-state index contributed by atoms with van der Waals surface area (Å²) in [6.45, 7) is 0.565. The van der Waals surface area contributed by atoms with Gasteiger partial charge in [0.15, 0.2) is 11.6 Å². The van der Waals surface area contributed by atoms with Crippen molar-refractivity contribution >= 4 is 23.6 Å². The number of benzene rings is 2. The highest BCUT2D eigenvalue weighted by Crippen LogP contribution is 2.24. The number of amides is 2. The zero-order valence-electron chi connectivity index (χ0n) is 18.4. The fraction of sp³-hybridized carbons (Fsp3) is 0.160. The lowest BCUT2D eigenvalue weighted by molar-refractivity contribution is -0.117. The van der Waals surface area contributed by atoms with Crippen LogP contribution >= 0.6 is 0 Å². The average Bonchev–Trinajstić information content (AvgIpc) is 2.78. The number of aromatic nitrogens is 1. The van der Waals surface area contributed by atoms with Crippen molar-refractivity contribution in [1.29, 1.82) is 0 Å². The van der Waals surface area contributed by atoms with Gasteiger partial charge in [-0.05, 0) is 67.7 Å². The van der Waals surface area contributed by atoms with Gasteiger partial charge in [0.25, 0.3) is 0 Å². The Morgan fingerprint density at radius 3 is 2.70 bits per heavy atom. The molecular weight excluding hydrogens is 423 g/mol. The van der Waals surface area contributed by atoms with Gasteiger partial charge in [-0.1, -0.05) is 18.2 Å². The molecule has 0 saturated carbocycles. The summed E-state index contributed by atoms with van der Waals surface area (Å²) in [5.41, 5.74) is 2.02. The van der Waals surface area contributed by atoms with Crippen LogP contribution in [0.2, 0.25) is 0 Å². The van der Waals surface area contributed by atoms with Crippen molar-refractivity contribution in [3.8, 4) is 11.5 Å². The molecule has 1 heterocycles. The van der Waals surface area contributed by atoms with E-state index in [4.69, 9.17) is 4.74 Å². The van der Waals surface area contributed by atoms with E-state index in [0.29, 0.717) is 17.0 Å². The number of carbonyl (C=O) groups is 2. The van der Waals surface area contributed by atoms with Gasteiger partial charge in [-0.2, -0.15) is 0 Å². The van der Waals surface area contributed by atoms with E-state index in [9.17, 15) is 14.0 Å². The predicted octanol–water partition coefficient (Wildman–Crippen LogP) is 3.84. The summed E-state index contributed by atoms with van der Waals surface area (Å²) in [5.74, 6) is -0.488. The summed E-state index contributed by atoms with van der Waals surface area (Å²) >= 11 is 0. The van der Waals surface area contributed by atoms with Crippen molar-refractivity contribution in [2.75, 3.05) is 26.0 Å². The van der Waals surface area contributed by atoms with Gasteiger partial charge in [-0.25, -0.2) is 4.39 Å². The lowest BCUT2D eigenvalue weighted by Crippen LogP contribution is -2.27. The molecule has 0 aliphatic heterocycles. The third-order valence-corrected chi connectivity index (χ3v) is 4.38. The molecule has 0 saturated heterocycles. The smallest absolute Gasteiger partial charge is 0.244 e. The Morgan fingerprint density at radius 2 is 1.97 bits per heavy atom. The first-order valence-corrected chi connectivity index (χ1v) is 10.3. The molecule has 0 aliphatic rings. The van der Waals surface area contributed by atoms with Crippen LogP contribution < -0.4 is 15.4 Å². The largest absolute Gasteiger partial charge is 0.453 e. The van der Waals surface area contributed by atoms with E-state index in [0.717, 1.165) is 5.56 Å². The van der Waals surface area contributed by atoms with Crippen LogP contribution in [0.1, 0.15) is 11.1 Å². The highest BCUT2D eigenvalue weighted by atomic mass is 19.1. The summed E-state index contributed by atoms with van der Waals surface area (Å²) in [4.78, 5) is 29.8. The monoisotopic (exact) mass is 448 g/mol. The molecule has 0 unspecified atom stereocenters. The molecule has 0 atom stereocenters. The predicted molar refractivity (Wildman–Crippen MR) is 125 cm³/mol. The Labute approximate surface area is 191 Å². The van der Waals surface area contributed by atoms with E-state index in [1.807, 2.05) is 20.2 Å². The molecule has 2 N–H and O–H groups in total. The second-order valence-electron chi connectivity index (χ2n) is 7.52. The van der Waals surface area contributed by atoms with Gasteiger partial charge in [0.1, 0.15) is 5.75 Å². The zero-order valence-corrected chi connectivity index (χ0v) is 18.4. The number of nitrogens with zero attached hydrogens (tertiary/aromatic N) is 2. The van der Waals surface area contributed by atoms with Crippen LogP contribution in [0.25, 0.3) is 6.08 Å². The lowest BCUT2D eigenvalue weighted by Gasteiger charge is -2.11. The number of likely N-dealkylation sites (N-methyl/N-ethyl adjacent to an activating group) is 1. The van der Waals surface area contributed by atoms with Crippen LogP contribution in [0.3, 0.4) is 0 Å².